The second-order valence-corrected chi connectivity index (χ2v) is 21.7. The Morgan fingerprint density at radius 2 is 0.884 bits per heavy atom. The second kappa shape index (κ2) is 50.6. The van der Waals surface area contributed by atoms with Gasteiger partial charge in [-0.05, 0) is 77.0 Å². The molecule has 0 aliphatic carbocycles. The number of likely N-dealkylation sites (N-methyl/N-ethyl adjacent to an activating group) is 1. The van der Waals surface area contributed by atoms with E-state index in [2.05, 4.69) is 92.1 Å². The molecule has 0 radical (unpaired) electrons. The third kappa shape index (κ3) is 53.3. The lowest BCUT2D eigenvalue weighted by molar-refractivity contribution is -0.870. The molecule has 0 aromatic heterocycles. The van der Waals surface area contributed by atoms with E-state index < -0.39 is 20.0 Å². The summed E-state index contributed by atoms with van der Waals surface area (Å²) in [5, 5.41) is 13.9. The molecule has 3 unspecified atom stereocenters. The first-order valence-corrected chi connectivity index (χ1v) is 30.0. The van der Waals surface area contributed by atoms with Gasteiger partial charge in [0.2, 0.25) is 5.91 Å². The molecule has 3 atom stereocenters. The number of hydrogen-bond donors (Lipinski definition) is 3. The second-order valence-electron chi connectivity index (χ2n) is 20.3. The average molecular weight is 987 g/mol. The number of allylic oxidation sites excluding steroid dienone is 13. The minimum Gasteiger partial charge on any atom is -0.387 e. The molecule has 0 fully saturated rings. The van der Waals surface area contributed by atoms with E-state index in [0.29, 0.717) is 17.4 Å². The fourth-order valence-electron chi connectivity index (χ4n) is 7.91. The molecule has 400 valence electrons. The van der Waals surface area contributed by atoms with Crippen molar-refractivity contribution in [1.82, 2.24) is 5.32 Å². The van der Waals surface area contributed by atoms with Crippen LogP contribution in [0.5, 0.6) is 0 Å². The number of phosphoric ester groups is 1. The fourth-order valence-corrected chi connectivity index (χ4v) is 8.64. The molecule has 0 aromatic rings. The summed E-state index contributed by atoms with van der Waals surface area (Å²) >= 11 is 0. The smallest absolute Gasteiger partial charge is 0.387 e. The number of hydrogen-bond acceptors (Lipinski definition) is 5. The van der Waals surface area contributed by atoms with Crippen molar-refractivity contribution in [3.63, 3.8) is 0 Å². The molecule has 0 saturated carbocycles. The van der Waals surface area contributed by atoms with Crippen molar-refractivity contribution < 1.29 is 32.9 Å². The molecule has 0 aliphatic rings. The molecule has 0 saturated heterocycles. The van der Waals surface area contributed by atoms with Gasteiger partial charge in [0.05, 0.1) is 39.9 Å². The fraction of sp³-hybridized carbons (Fsp3) is 0.750. The van der Waals surface area contributed by atoms with Gasteiger partial charge >= 0.3 is 7.82 Å². The Labute approximate surface area is 426 Å². The van der Waals surface area contributed by atoms with Crippen molar-refractivity contribution in [2.45, 2.75) is 251 Å². The molecule has 1 amide bonds. The van der Waals surface area contributed by atoms with Gasteiger partial charge in [-0.15, -0.1) is 0 Å². The highest BCUT2D eigenvalue weighted by atomic mass is 31.2. The predicted octanol–water partition coefficient (Wildman–Crippen LogP) is 17.3. The van der Waals surface area contributed by atoms with Crippen LogP contribution in [0.4, 0.5) is 0 Å². The number of quaternary nitrogens is 1. The van der Waals surface area contributed by atoms with Gasteiger partial charge in [-0.2, -0.15) is 0 Å². The summed E-state index contributed by atoms with van der Waals surface area (Å²) in [6.45, 7) is 4.69. The molecule has 8 nitrogen and oxygen atoms in total. The summed E-state index contributed by atoms with van der Waals surface area (Å²) in [4.78, 5) is 23.3. The normalized spacial score (nSPS) is 14.6. The minimum atomic E-state index is -4.36. The highest BCUT2D eigenvalue weighted by Crippen LogP contribution is 2.43. The number of aliphatic hydroxyl groups excluding tert-OH is 1. The average Bonchev–Trinajstić information content (AvgIpc) is 3.31. The van der Waals surface area contributed by atoms with Crippen LogP contribution >= 0.6 is 7.82 Å². The third-order valence-corrected chi connectivity index (χ3v) is 13.3. The van der Waals surface area contributed by atoms with E-state index in [1.165, 1.54) is 148 Å². The largest absolute Gasteiger partial charge is 0.472 e. The van der Waals surface area contributed by atoms with E-state index in [1.54, 1.807) is 6.08 Å². The lowest BCUT2D eigenvalue weighted by atomic mass is 10.0. The Kier molecular flexibility index (Phi) is 48.9. The molecule has 0 aromatic carbocycles. The van der Waals surface area contributed by atoms with Crippen LogP contribution in [0.3, 0.4) is 0 Å². The van der Waals surface area contributed by atoms with Gasteiger partial charge in [0.15, 0.2) is 0 Å². The molecule has 0 spiro atoms. The van der Waals surface area contributed by atoms with E-state index >= 15 is 0 Å². The Bertz CT molecular complexity index is 1400. The Morgan fingerprint density at radius 1 is 0.507 bits per heavy atom. The lowest BCUT2D eigenvalue weighted by Crippen LogP contribution is -2.45. The van der Waals surface area contributed by atoms with E-state index in [4.69, 9.17) is 9.05 Å². The third-order valence-electron chi connectivity index (χ3n) is 12.3. The Morgan fingerprint density at radius 3 is 1.33 bits per heavy atom. The van der Waals surface area contributed by atoms with Gasteiger partial charge in [0, 0.05) is 6.42 Å². The van der Waals surface area contributed by atoms with Gasteiger partial charge in [-0.1, -0.05) is 240 Å². The number of carbonyl (C=O) groups excluding carboxylic acids is 1. The van der Waals surface area contributed by atoms with E-state index in [1.807, 2.05) is 27.2 Å². The number of nitrogens with zero attached hydrogens (tertiary/aromatic N) is 1. The van der Waals surface area contributed by atoms with E-state index in [9.17, 15) is 19.4 Å². The monoisotopic (exact) mass is 986 g/mol. The van der Waals surface area contributed by atoms with Gasteiger partial charge in [0.1, 0.15) is 13.2 Å². The van der Waals surface area contributed by atoms with Crippen LogP contribution in [0.25, 0.3) is 0 Å². The van der Waals surface area contributed by atoms with Gasteiger partial charge < -0.3 is 19.8 Å². The molecular weight excluding hydrogens is 876 g/mol. The first-order valence-electron chi connectivity index (χ1n) is 28.5. The molecule has 0 bridgehead atoms. The molecule has 0 rings (SSSR count). The van der Waals surface area contributed by atoms with Crippen molar-refractivity contribution >= 4 is 13.7 Å². The van der Waals surface area contributed by atoms with Crippen LogP contribution in [0.15, 0.2) is 85.1 Å². The first-order chi connectivity index (χ1) is 33.5. The number of unbranched alkanes of at least 4 members (excludes halogenated alkanes) is 26. The number of rotatable bonds is 51. The van der Waals surface area contributed by atoms with E-state index in [0.717, 1.165) is 70.6 Å². The van der Waals surface area contributed by atoms with Crippen LogP contribution in [0, 0.1) is 0 Å². The number of phosphoric acid groups is 1. The summed E-state index contributed by atoms with van der Waals surface area (Å²) in [7, 11) is 1.55. The molecule has 69 heavy (non-hydrogen) atoms. The van der Waals surface area contributed by atoms with Crippen LogP contribution in [-0.2, 0) is 18.4 Å². The molecular formula is C60H110N2O6P+. The van der Waals surface area contributed by atoms with Crippen molar-refractivity contribution in [3.05, 3.63) is 85.1 Å². The van der Waals surface area contributed by atoms with Crippen LogP contribution in [0.2, 0.25) is 0 Å². The maximum Gasteiger partial charge on any atom is 0.472 e. The predicted molar refractivity (Wildman–Crippen MR) is 299 cm³/mol. The van der Waals surface area contributed by atoms with Gasteiger partial charge in [-0.25, -0.2) is 4.57 Å². The molecule has 0 aliphatic heterocycles. The lowest BCUT2D eigenvalue weighted by Gasteiger charge is -2.25. The highest BCUT2D eigenvalue weighted by Gasteiger charge is 2.27. The zero-order valence-electron chi connectivity index (χ0n) is 45.5. The molecule has 0 heterocycles. The summed E-state index contributed by atoms with van der Waals surface area (Å²) in [6, 6.07) is -0.870. The van der Waals surface area contributed by atoms with Gasteiger partial charge in [-0.3, -0.25) is 13.8 Å². The summed E-state index contributed by atoms with van der Waals surface area (Å²) in [5.41, 5.74) is 0. The van der Waals surface area contributed by atoms with Crippen LogP contribution in [-0.4, -0.2) is 73.4 Å². The van der Waals surface area contributed by atoms with Crippen molar-refractivity contribution in [1.29, 1.82) is 0 Å². The number of nitrogens with one attached hydrogen (secondary N) is 1. The van der Waals surface area contributed by atoms with Crippen molar-refractivity contribution in [2.24, 2.45) is 0 Å². The number of amides is 1. The zero-order valence-corrected chi connectivity index (χ0v) is 46.4. The van der Waals surface area contributed by atoms with Crippen molar-refractivity contribution in [2.75, 3.05) is 40.9 Å². The first kappa shape index (κ1) is 66.7. The Hall–Kier alpha value is -2.32. The summed E-state index contributed by atoms with van der Waals surface area (Å²) in [5.74, 6) is -0.192. The SMILES string of the molecule is CC/C=C\C/C=C\C/C=C\C/C=C\C/C=C\CCCCCCCCCCCCCC(=O)NC(COP(=O)(O)OCC[N+](C)(C)C)C(O)/C=C/CC/C=C/CCCCCCCCCCCCCCCC. The topological polar surface area (TPSA) is 105 Å². The van der Waals surface area contributed by atoms with Crippen LogP contribution < -0.4 is 5.32 Å². The highest BCUT2D eigenvalue weighted by molar-refractivity contribution is 7.47. The van der Waals surface area contributed by atoms with Crippen molar-refractivity contribution in [3.8, 4) is 0 Å². The van der Waals surface area contributed by atoms with Gasteiger partial charge in [0.25, 0.3) is 0 Å². The van der Waals surface area contributed by atoms with E-state index in [-0.39, 0.29) is 19.1 Å². The Balaban J connectivity index is 4.27. The maximum atomic E-state index is 13.0. The quantitative estimate of drug-likeness (QED) is 0.0243. The standard InChI is InChI=1S/C60H109N2O6P/c1-6-8-10-12-14-16-18-20-22-24-26-28-29-30-31-32-33-34-36-38-40-42-44-46-48-50-52-54-60(64)61-58(57-68-69(65,66)67-56-55-62(3,4)5)59(63)53-51-49-47-45-43-41-39-37-35-27-25-23-21-19-17-15-13-11-9-7-2/h8,10,14,16,20,22,26,28,30-31,43,45,51,53,58-59,63H,6-7,9,11-13,15,17-19,21,23-25,27,29,32-42,44,46-50,52,54-57H2,1-5H3,(H-,61,64,65,66)/p+1/b10-8-,16-14-,22-20-,28-26-,31-30-,45-43+,53-51+. The summed E-state index contributed by atoms with van der Waals surface area (Å²) < 4.78 is 23.7. The maximum absolute atomic E-state index is 13.0. The number of aliphatic hydroxyl groups is 1. The number of carbonyl (C=O) groups is 1. The zero-order chi connectivity index (χ0) is 50.6. The molecule has 3 N–H and O–H groups in total. The minimum absolute atomic E-state index is 0.0522. The molecule has 9 heteroatoms. The summed E-state index contributed by atoms with van der Waals surface area (Å²) in [6.07, 6.45) is 71.1. The van der Waals surface area contributed by atoms with Crippen LogP contribution in [0.1, 0.15) is 239 Å².